The molecular formula is C13H21N3. The number of nitrogens with one attached hydrogen (secondary N) is 1. The van der Waals surface area contributed by atoms with Crippen LogP contribution < -0.4 is 11.1 Å². The van der Waals surface area contributed by atoms with Crippen molar-refractivity contribution >= 4 is 0 Å². The van der Waals surface area contributed by atoms with Gasteiger partial charge in [-0.05, 0) is 31.6 Å². The second kappa shape index (κ2) is 4.95. The Morgan fingerprint density at radius 1 is 1.31 bits per heavy atom. The third-order valence-electron chi connectivity index (χ3n) is 3.21. The summed E-state index contributed by atoms with van der Waals surface area (Å²) in [7, 11) is 4.19. The van der Waals surface area contributed by atoms with Gasteiger partial charge in [0.1, 0.15) is 0 Å². The van der Waals surface area contributed by atoms with Gasteiger partial charge in [0.2, 0.25) is 0 Å². The van der Waals surface area contributed by atoms with Gasteiger partial charge in [-0.1, -0.05) is 24.3 Å². The highest BCUT2D eigenvalue weighted by Gasteiger charge is 2.27. The summed E-state index contributed by atoms with van der Waals surface area (Å²) in [5.41, 5.74) is 8.81. The molecule has 0 fully saturated rings. The van der Waals surface area contributed by atoms with Gasteiger partial charge >= 0.3 is 0 Å². The van der Waals surface area contributed by atoms with Gasteiger partial charge in [0.25, 0.3) is 0 Å². The first-order chi connectivity index (χ1) is 7.68. The van der Waals surface area contributed by atoms with Crippen LogP contribution in [0.2, 0.25) is 0 Å². The standard InChI is InChI=1S/C13H21N3/c1-16(2)8-7-15-13-9-12(14)10-5-3-4-6-11(10)13/h3-6,12-13,15H,7-9,14H2,1-2H3. The predicted molar refractivity (Wildman–Crippen MR) is 67.3 cm³/mol. The van der Waals surface area contributed by atoms with Gasteiger partial charge < -0.3 is 16.0 Å². The van der Waals surface area contributed by atoms with Crippen LogP contribution in [0.1, 0.15) is 29.6 Å². The number of hydrogen-bond acceptors (Lipinski definition) is 3. The summed E-state index contributed by atoms with van der Waals surface area (Å²) >= 11 is 0. The fourth-order valence-corrected chi connectivity index (χ4v) is 2.33. The number of hydrogen-bond donors (Lipinski definition) is 2. The number of fused-ring (bicyclic) bond motifs is 1. The average Bonchev–Trinajstić information content (AvgIpc) is 2.57. The van der Waals surface area contributed by atoms with Crippen molar-refractivity contribution in [3.8, 4) is 0 Å². The van der Waals surface area contributed by atoms with Crippen LogP contribution in [0.4, 0.5) is 0 Å². The highest BCUT2D eigenvalue weighted by molar-refractivity contribution is 5.37. The number of rotatable bonds is 4. The Morgan fingerprint density at radius 3 is 2.69 bits per heavy atom. The second-order valence-electron chi connectivity index (χ2n) is 4.78. The van der Waals surface area contributed by atoms with Gasteiger partial charge in [0.15, 0.2) is 0 Å². The van der Waals surface area contributed by atoms with Gasteiger partial charge in [-0.2, -0.15) is 0 Å². The van der Waals surface area contributed by atoms with Crippen molar-refractivity contribution in [1.29, 1.82) is 0 Å². The van der Waals surface area contributed by atoms with E-state index in [1.165, 1.54) is 11.1 Å². The maximum absolute atomic E-state index is 6.12. The molecule has 2 atom stereocenters. The number of nitrogens with two attached hydrogens (primary N) is 1. The molecule has 0 bridgehead atoms. The largest absolute Gasteiger partial charge is 0.324 e. The summed E-state index contributed by atoms with van der Waals surface area (Å²) in [6.45, 7) is 2.08. The van der Waals surface area contributed by atoms with E-state index in [0.717, 1.165) is 19.5 Å². The zero-order valence-electron chi connectivity index (χ0n) is 10.1. The Kier molecular flexibility index (Phi) is 3.59. The summed E-state index contributed by atoms with van der Waals surface area (Å²) in [5.74, 6) is 0. The normalized spacial score (nSPS) is 23.8. The number of likely N-dealkylation sites (N-methyl/N-ethyl adjacent to an activating group) is 1. The van der Waals surface area contributed by atoms with Crippen molar-refractivity contribution in [1.82, 2.24) is 10.2 Å². The van der Waals surface area contributed by atoms with Crippen LogP contribution in [0.25, 0.3) is 0 Å². The fourth-order valence-electron chi connectivity index (χ4n) is 2.33. The molecule has 3 heteroatoms. The van der Waals surface area contributed by atoms with E-state index in [9.17, 15) is 0 Å². The molecule has 0 spiro atoms. The van der Waals surface area contributed by atoms with E-state index < -0.39 is 0 Å². The maximum atomic E-state index is 6.12. The van der Waals surface area contributed by atoms with Crippen LogP contribution in [0.5, 0.6) is 0 Å². The van der Waals surface area contributed by atoms with Gasteiger partial charge in [-0.25, -0.2) is 0 Å². The Balaban J connectivity index is 1.98. The molecule has 3 nitrogen and oxygen atoms in total. The molecule has 0 saturated carbocycles. The molecule has 2 unspecified atom stereocenters. The minimum Gasteiger partial charge on any atom is -0.324 e. The van der Waals surface area contributed by atoms with Crippen LogP contribution in [-0.4, -0.2) is 32.1 Å². The smallest absolute Gasteiger partial charge is 0.0342 e. The SMILES string of the molecule is CN(C)CCNC1CC(N)c2ccccc21. The predicted octanol–water partition coefficient (Wildman–Crippen LogP) is 1.28. The van der Waals surface area contributed by atoms with Crippen molar-refractivity contribution in [2.45, 2.75) is 18.5 Å². The van der Waals surface area contributed by atoms with Crippen LogP contribution in [0.15, 0.2) is 24.3 Å². The molecule has 0 radical (unpaired) electrons. The lowest BCUT2D eigenvalue weighted by atomic mass is 10.1. The highest BCUT2D eigenvalue weighted by Crippen LogP contribution is 2.36. The Hall–Kier alpha value is -0.900. The van der Waals surface area contributed by atoms with E-state index in [-0.39, 0.29) is 6.04 Å². The molecule has 1 aromatic carbocycles. The summed E-state index contributed by atoms with van der Waals surface area (Å²) in [5, 5.41) is 3.58. The summed E-state index contributed by atoms with van der Waals surface area (Å²) in [6.07, 6.45) is 1.02. The lowest BCUT2D eigenvalue weighted by Gasteiger charge is -2.16. The molecule has 0 aliphatic heterocycles. The van der Waals surface area contributed by atoms with Crippen molar-refractivity contribution in [3.05, 3.63) is 35.4 Å². The molecule has 1 aromatic rings. The van der Waals surface area contributed by atoms with E-state index in [4.69, 9.17) is 5.73 Å². The molecule has 3 N–H and O–H groups in total. The quantitative estimate of drug-likeness (QED) is 0.801. The molecule has 0 aromatic heterocycles. The summed E-state index contributed by atoms with van der Waals surface area (Å²) in [4.78, 5) is 2.19. The van der Waals surface area contributed by atoms with Gasteiger partial charge in [-0.3, -0.25) is 0 Å². The molecule has 1 aliphatic carbocycles. The molecule has 1 aliphatic rings. The lowest BCUT2D eigenvalue weighted by Crippen LogP contribution is -2.29. The summed E-state index contributed by atoms with van der Waals surface area (Å²) < 4.78 is 0. The minimum atomic E-state index is 0.202. The highest BCUT2D eigenvalue weighted by atomic mass is 15.1. The van der Waals surface area contributed by atoms with E-state index in [1.807, 2.05) is 0 Å². The van der Waals surface area contributed by atoms with Gasteiger partial charge in [0, 0.05) is 25.2 Å². The minimum absolute atomic E-state index is 0.202. The topological polar surface area (TPSA) is 41.3 Å². The molecule has 88 valence electrons. The third kappa shape index (κ3) is 2.43. The zero-order valence-corrected chi connectivity index (χ0v) is 10.1. The van der Waals surface area contributed by atoms with E-state index in [0.29, 0.717) is 6.04 Å². The molecule has 2 rings (SSSR count). The zero-order chi connectivity index (χ0) is 11.5. The second-order valence-corrected chi connectivity index (χ2v) is 4.78. The fraction of sp³-hybridized carbons (Fsp3) is 0.538. The first-order valence-electron chi connectivity index (χ1n) is 5.91. The Morgan fingerprint density at radius 2 is 2.00 bits per heavy atom. The van der Waals surface area contributed by atoms with Crippen molar-refractivity contribution in [3.63, 3.8) is 0 Å². The molecule has 0 saturated heterocycles. The number of nitrogens with zero attached hydrogens (tertiary/aromatic N) is 1. The monoisotopic (exact) mass is 219 g/mol. The van der Waals surface area contributed by atoms with Crippen LogP contribution in [0.3, 0.4) is 0 Å². The van der Waals surface area contributed by atoms with Gasteiger partial charge in [-0.15, -0.1) is 0 Å². The average molecular weight is 219 g/mol. The molecule has 0 amide bonds. The van der Waals surface area contributed by atoms with Crippen LogP contribution in [0, 0.1) is 0 Å². The Bertz CT molecular complexity index is 349. The Labute approximate surface area is 97.6 Å². The summed E-state index contributed by atoms with van der Waals surface area (Å²) in [6, 6.07) is 9.14. The van der Waals surface area contributed by atoms with E-state index in [1.54, 1.807) is 0 Å². The van der Waals surface area contributed by atoms with Crippen LogP contribution in [-0.2, 0) is 0 Å². The first-order valence-corrected chi connectivity index (χ1v) is 5.91. The van der Waals surface area contributed by atoms with Crippen molar-refractivity contribution in [2.24, 2.45) is 5.73 Å². The van der Waals surface area contributed by atoms with Crippen LogP contribution >= 0.6 is 0 Å². The van der Waals surface area contributed by atoms with E-state index >= 15 is 0 Å². The van der Waals surface area contributed by atoms with Gasteiger partial charge in [0.05, 0.1) is 0 Å². The first kappa shape index (κ1) is 11.6. The van der Waals surface area contributed by atoms with E-state index in [2.05, 4.69) is 48.6 Å². The molecule has 0 heterocycles. The number of benzene rings is 1. The molecule has 16 heavy (non-hydrogen) atoms. The van der Waals surface area contributed by atoms with Crippen molar-refractivity contribution in [2.75, 3.05) is 27.2 Å². The maximum Gasteiger partial charge on any atom is 0.0342 e. The van der Waals surface area contributed by atoms with Crippen molar-refractivity contribution < 1.29 is 0 Å². The molecular weight excluding hydrogens is 198 g/mol. The lowest BCUT2D eigenvalue weighted by molar-refractivity contribution is 0.380. The third-order valence-corrected chi connectivity index (χ3v) is 3.21.